The molecule has 1 heterocycles. The van der Waals surface area contributed by atoms with Crippen molar-refractivity contribution in [3.8, 4) is 11.4 Å². The van der Waals surface area contributed by atoms with Gasteiger partial charge in [0.2, 0.25) is 0 Å². The number of carbonyl (C=O) groups excluding carboxylic acids is 1. The number of methoxy groups -OCH3 is 1. The topological polar surface area (TPSA) is 102 Å². The van der Waals surface area contributed by atoms with Gasteiger partial charge in [-0.05, 0) is 48.4 Å². The maximum atomic E-state index is 14.1. The van der Waals surface area contributed by atoms with Gasteiger partial charge < -0.3 is 14.6 Å². The van der Waals surface area contributed by atoms with Crippen LogP contribution in [0.5, 0.6) is 5.75 Å². The number of amides is 2. The average Bonchev–Trinajstić information content (AvgIpc) is 3.37. The van der Waals surface area contributed by atoms with Crippen molar-refractivity contribution in [3.05, 3.63) is 108 Å². The summed E-state index contributed by atoms with van der Waals surface area (Å²) in [5, 5.41) is 2.84. The van der Waals surface area contributed by atoms with E-state index >= 15 is 0 Å². The van der Waals surface area contributed by atoms with Crippen molar-refractivity contribution in [3.63, 3.8) is 0 Å². The van der Waals surface area contributed by atoms with Crippen LogP contribution in [0, 0.1) is 5.82 Å². The molecule has 0 spiro atoms. The Kier molecular flexibility index (Phi) is 5.97. The number of hydrogen-bond acceptors (Lipinski definition) is 5. The van der Waals surface area contributed by atoms with E-state index in [1.807, 2.05) is 63.9 Å². The zero-order valence-corrected chi connectivity index (χ0v) is 20.1. The number of nitrogens with zero attached hydrogens (tertiary/aromatic N) is 2. The highest BCUT2D eigenvalue weighted by atomic mass is 32.2. The highest BCUT2D eigenvalue weighted by Crippen LogP contribution is 2.58. The number of sulfonamides is 1. The molecule has 2 amide bonds. The van der Waals surface area contributed by atoms with Crippen LogP contribution in [0.3, 0.4) is 0 Å². The van der Waals surface area contributed by atoms with Gasteiger partial charge >= 0.3 is 6.03 Å². The molecule has 3 aromatic carbocycles. The maximum Gasteiger partial charge on any atom is 0.329 e. The van der Waals surface area contributed by atoms with E-state index < -0.39 is 32.3 Å². The van der Waals surface area contributed by atoms with Crippen molar-refractivity contribution >= 4 is 16.1 Å². The van der Waals surface area contributed by atoms with E-state index in [-0.39, 0.29) is 5.92 Å². The molecule has 1 saturated carbocycles. The highest BCUT2D eigenvalue weighted by molar-refractivity contribution is 7.90. The second-order valence-corrected chi connectivity index (χ2v) is 10.1. The summed E-state index contributed by atoms with van der Waals surface area (Å²) in [6.07, 6.45) is 3.89. The number of benzene rings is 3. The molecule has 0 bridgehead atoms. The quantitative estimate of drug-likeness (QED) is 0.393. The number of nitrogens with one attached hydrogen (secondary N) is 2. The number of ether oxygens (including phenoxy) is 1. The number of imidazole rings is 1. The third kappa shape index (κ3) is 4.31. The Hall–Kier alpha value is -4.18. The lowest BCUT2D eigenvalue weighted by Gasteiger charge is -2.21. The van der Waals surface area contributed by atoms with Crippen molar-refractivity contribution in [1.29, 1.82) is 0 Å². The van der Waals surface area contributed by atoms with Gasteiger partial charge in [-0.2, -0.15) is 0 Å². The summed E-state index contributed by atoms with van der Waals surface area (Å²) >= 11 is 0. The molecule has 1 unspecified atom stereocenters. The monoisotopic (exact) mass is 506 g/mol. The number of rotatable bonds is 7. The molecular formula is C26H23FN4O4S. The van der Waals surface area contributed by atoms with E-state index in [2.05, 4.69) is 10.3 Å². The molecule has 10 heteroatoms. The van der Waals surface area contributed by atoms with Gasteiger partial charge in [-0.3, -0.25) is 0 Å². The van der Waals surface area contributed by atoms with Gasteiger partial charge in [-0.15, -0.1) is 0 Å². The highest BCUT2D eigenvalue weighted by Gasteiger charge is 2.60. The first-order chi connectivity index (χ1) is 17.3. The van der Waals surface area contributed by atoms with Crippen LogP contribution >= 0.6 is 0 Å². The average molecular weight is 507 g/mol. The van der Waals surface area contributed by atoms with Crippen LogP contribution in [0.25, 0.3) is 5.69 Å². The number of urea groups is 1. The minimum atomic E-state index is -4.43. The molecule has 36 heavy (non-hydrogen) atoms. The largest absolute Gasteiger partial charge is 0.497 e. The minimum absolute atomic E-state index is 0.153. The standard InChI is InChI=1S/C26H23FN4O4S/c1-35-20-13-11-19(12-14-20)31-16-15-28-24(31)26(17-21(26)18-7-3-2-4-8-18)29-25(32)30-36(33,34)23-10-6-5-9-22(23)27/h2-16,21H,17H2,1H3,(H2,29,30,32)/t21?,26-/m1/s1. The second kappa shape index (κ2) is 9.12. The first kappa shape index (κ1) is 23.6. The maximum absolute atomic E-state index is 14.1. The third-order valence-corrected chi connectivity index (χ3v) is 7.61. The Morgan fingerprint density at radius 2 is 1.75 bits per heavy atom. The predicted molar refractivity (Wildman–Crippen MR) is 131 cm³/mol. The normalized spacial score (nSPS) is 18.9. The molecule has 2 N–H and O–H groups in total. The Morgan fingerprint density at radius 1 is 1.06 bits per heavy atom. The van der Waals surface area contributed by atoms with Crippen molar-refractivity contribution in [2.24, 2.45) is 0 Å². The molecular weight excluding hydrogens is 483 g/mol. The van der Waals surface area contributed by atoms with Gasteiger partial charge in [0.1, 0.15) is 27.8 Å². The number of hydrogen-bond donors (Lipinski definition) is 2. The molecule has 1 aromatic heterocycles. The van der Waals surface area contributed by atoms with E-state index in [4.69, 9.17) is 4.74 Å². The Bertz CT molecular complexity index is 1510. The van der Waals surface area contributed by atoms with E-state index in [9.17, 15) is 17.6 Å². The summed E-state index contributed by atoms with van der Waals surface area (Å²) in [6, 6.07) is 20.8. The lowest BCUT2D eigenvalue weighted by molar-refractivity contribution is 0.239. The molecule has 0 aliphatic heterocycles. The number of carbonyl (C=O) groups is 1. The molecule has 1 fully saturated rings. The van der Waals surface area contributed by atoms with Crippen LogP contribution in [0.4, 0.5) is 9.18 Å². The van der Waals surface area contributed by atoms with E-state index in [1.165, 1.54) is 12.1 Å². The lowest BCUT2D eigenvalue weighted by Crippen LogP contribution is -2.46. The van der Waals surface area contributed by atoms with Crippen LogP contribution in [-0.4, -0.2) is 31.1 Å². The van der Waals surface area contributed by atoms with Gasteiger partial charge in [-0.25, -0.2) is 27.3 Å². The summed E-state index contributed by atoms with van der Waals surface area (Å²) < 4.78 is 48.6. The predicted octanol–water partition coefficient (Wildman–Crippen LogP) is 4.09. The molecule has 0 radical (unpaired) electrons. The van der Waals surface area contributed by atoms with Crippen LogP contribution in [-0.2, 0) is 15.6 Å². The van der Waals surface area contributed by atoms with Crippen LogP contribution in [0.2, 0.25) is 0 Å². The van der Waals surface area contributed by atoms with Crippen LogP contribution < -0.4 is 14.8 Å². The molecule has 0 saturated heterocycles. The van der Waals surface area contributed by atoms with Crippen LogP contribution in [0.1, 0.15) is 23.7 Å². The fourth-order valence-corrected chi connectivity index (χ4v) is 5.43. The molecule has 2 atom stereocenters. The van der Waals surface area contributed by atoms with Gasteiger partial charge in [0.25, 0.3) is 10.0 Å². The molecule has 1 aliphatic rings. The van der Waals surface area contributed by atoms with E-state index in [0.29, 0.717) is 18.0 Å². The summed E-state index contributed by atoms with van der Waals surface area (Å²) in [4.78, 5) is 17.0. The van der Waals surface area contributed by atoms with E-state index in [1.54, 1.807) is 19.5 Å². The SMILES string of the molecule is COc1ccc(-n2ccnc2[C@@]2(NC(=O)NS(=O)(=O)c3ccccc3F)CC2c2ccccc2)cc1. The molecule has 4 aromatic rings. The second-order valence-electron chi connectivity index (χ2n) is 8.45. The minimum Gasteiger partial charge on any atom is -0.497 e. The fraction of sp³-hybridized carbons (Fsp3) is 0.154. The summed E-state index contributed by atoms with van der Waals surface area (Å²) in [5.41, 5.74) is 0.779. The smallest absolute Gasteiger partial charge is 0.329 e. The Morgan fingerprint density at radius 3 is 2.44 bits per heavy atom. The molecule has 5 rings (SSSR count). The van der Waals surface area contributed by atoms with Gasteiger partial charge in [0.15, 0.2) is 0 Å². The zero-order valence-electron chi connectivity index (χ0n) is 19.3. The Labute approximate surface area is 207 Å². The third-order valence-electron chi connectivity index (χ3n) is 6.24. The summed E-state index contributed by atoms with van der Waals surface area (Å²) in [6.45, 7) is 0. The first-order valence-electron chi connectivity index (χ1n) is 11.2. The summed E-state index contributed by atoms with van der Waals surface area (Å²) in [7, 11) is -2.85. The Balaban J connectivity index is 1.49. The summed E-state index contributed by atoms with van der Waals surface area (Å²) in [5.74, 6) is 0.135. The van der Waals surface area contributed by atoms with E-state index in [0.717, 1.165) is 23.4 Å². The van der Waals surface area contributed by atoms with Gasteiger partial charge in [0.05, 0.1) is 7.11 Å². The van der Waals surface area contributed by atoms with Crippen molar-refractivity contribution < 1.29 is 22.3 Å². The molecule has 1 aliphatic carbocycles. The van der Waals surface area contributed by atoms with Gasteiger partial charge in [0, 0.05) is 24.0 Å². The first-order valence-corrected chi connectivity index (χ1v) is 12.6. The number of halogens is 1. The number of aromatic nitrogens is 2. The van der Waals surface area contributed by atoms with Crippen molar-refractivity contribution in [2.45, 2.75) is 22.8 Å². The molecule has 184 valence electrons. The van der Waals surface area contributed by atoms with Crippen molar-refractivity contribution in [2.75, 3.05) is 7.11 Å². The van der Waals surface area contributed by atoms with Crippen LogP contribution in [0.15, 0.2) is 96.2 Å². The van der Waals surface area contributed by atoms with Crippen molar-refractivity contribution in [1.82, 2.24) is 19.6 Å². The lowest BCUT2D eigenvalue weighted by atomic mass is 10.1. The fourth-order valence-electron chi connectivity index (χ4n) is 4.44. The molecule has 8 nitrogen and oxygen atoms in total. The zero-order chi connectivity index (χ0) is 25.3. The van der Waals surface area contributed by atoms with Gasteiger partial charge in [-0.1, -0.05) is 42.5 Å².